The molecule has 0 saturated carbocycles. The van der Waals surface area contributed by atoms with Crippen LogP contribution in [0.4, 0.5) is 5.82 Å². The average Bonchev–Trinajstić information content (AvgIpc) is 3.36. The van der Waals surface area contributed by atoms with E-state index in [1.54, 1.807) is 0 Å². The van der Waals surface area contributed by atoms with Crippen molar-refractivity contribution in [2.24, 2.45) is 0 Å². The van der Waals surface area contributed by atoms with Crippen LogP contribution in [0.15, 0.2) is 48.7 Å². The summed E-state index contributed by atoms with van der Waals surface area (Å²) in [5, 5.41) is 3.75. The molecule has 1 saturated heterocycles. The number of nitrogens with one attached hydrogen (secondary N) is 1. The number of rotatable bonds is 5. The Hall–Kier alpha value is -2.79. The van der Waals surface area contributed by atoms with Crippen molar-refractivity contribution < 1.29 is 4.79 Å². The Labute approximate surface area is 176 Å². The van der Waals surface area contributed by atoms with Crippen molar-refractivity contribution in [3.8, 4) is 5.69 Å². The van der Waals surface area contributed by atoms with Crippen molar-refractivity contribution in [2.45, 2.75) is 33.2 Å². The molecule has 29 heavy (non-hydrogen) atoms. The highest BCUT2D eigenvalue weighted by atomic mass is 35.5. The number of nitrogens with zero attached hydrogens (tertiary/aromatic N) is 3. The Bertz CT molecular complexity index is 1020. The molecule has 1 amide bonds. The van der Waals surface area contributed by atoms with Crippen LogP contribution >= 0.6 is 11.6 Å². The largest absolute Gasteiger partial charge is 0.357 e. The van der Waals surface area contributed by atoms with Crippen LogP contribution in [-0.4, -0.2) is 28.5 Å². The van der Waals surface area contributed by atoms with Gasteiger partial charge in [-0.3, -0.25) is 4.79 Å². The number of aromatic nitrogens is 2. The predicted octanol–water partition coefficient (Wildman–Crippen LogP) is 4.67. The minimum atomic E-state index is -0.0714. The maximum absolute atomic E-state index is 12.9. The van der Waals surface area contributed by atoms with Gasteiger partial charge in [0, 0.05) is 47.9 Å². The number of pyridine rings is 1. The quantitative estimate of drug-likeness (QED) is 0.667. The van der Waals surface area contributed by atoms with Gasteiger partial charge < -0.3 is 14.8 Å². The monoisotopic (exact) mass is 408 g/mol. The summed E-state index contributed by atoms with van der Waals surface area (Å²) in [5.74, 6) is 0.924. The van der Waals surface area contributed by atoms with Gasteiger partial charge in [0.2, 0.25) is 0 Å². The highest BCUT2D eigenvalue weighted by molar-refractivity contribution is 6.30. The fourth-order valence-electron chi connectivity index (χ4n) is 3.95. The molecular weight excluding hydrogens is 384 g/mol. The molecule has 0 radical (unpaired) electrons. The maximum atomic E-state index is 12.9. The Morgan fingerprint density at radius 1 is 1.10 bits per heavy atom. The van der Waals surface area contributed by atoms with E-state index in [0.717, 1.165) is 41.5 Å². The van der Waals surface area contributed by atoms with Gasteiger partial charge in [-0.15, -0.1) is 0 Å². The number of benzene rings is 1. The molecule has 1 aromatic carbocycles. The molecular formula is C23H25ClN4O. The van der Waals surface area contributed by atoms with E-state index in [4.69, 9.17) is 11.6 Å². The summed E-state index contributed by atoms with van der Waals surface area (Å²) in [6, 6.07) is 13.6. The number of carbonyl (C=O) groups is 1. The fraction of sp³-hybridized carbons (Fsp3) is 0.304. The molecule has 0 aliphatic carbocycles. The molecule has 1 aliphatic heterocycles. The lowest BCUT2D eigenvalue weighted by Crippen LogP contribution is -2.24. The molecule has 1 fully saturated rings. The van der Waals surface area contributed by atoms with Gasteiger partial charge in [-0.1, -0.05) is 11.6 Å². The third kappa shape index (κ3) is 4.15. The summed E-state index contributed by atoms with van der Waals surface area (Å²) in [5.41, 5.74) is 4.66. The molecule has 6 heteroatoms. The SMILES string of the molecule is Cc1cc(C(=O)NCc2ccnc(N3CCCC3)c2)c(C)n1-c1ccc(Cl)cc1. The summed E-state index contributed by atoms with van der Waals surface area (Å²) in [6.45, 7) is 6.56. The molecule has 1 aliphatic rings. The smallest absolute Gasteiger partial charge is 0.253 e. The molecule has 1 N–H and O–H groups in total. The number of hydrogen-bond acceptors (Lipinski definition) is 3. The normalized spacial score (nSPS) is 13.7. The number of hydrogen-bond donors (Lipinski definition) is 1. The van der Waals surface area contributed by atoms with Gasteiger partial charge in [-0.25, -0.2) is 4.98 Å². The van der Waals surface area contributed by atoms with Crippen LogP contribution in [0.1, 0.15) is 40.2 Å². The molecule has 3 heterocycles. The number of carbonyl (C=O) groups excluding carboxylic acids is 1. The van der Waals surface area contributed by atoms with Crippen LogP contribution in [0.25, 0.3) is 5.69 Å². The number of amides is 1. The second-order valence-corrected chi connectivity index (χ2v) is 7.93. The second kappa shape index (κ2) is 8.29. The van der Waals surface area contributed by atoms with E-state index in [9.17, 15) is 4.79 Å². The first-order valence-electron chi connectivity index (χ1n) is 9.96. The van der Waals surface area contributed by atoms with Crippen LogP contribution in [0.5, 0.6) is 0 Å². The highest BCUT2D eigenvalue weighted by Crippen LogP contribution is 2.23. The fourth-order valence-corrected chi connectivity index (χ4v) is 4.07. The lowest BCUT2D eigenvalue weighted by molar-refractivity contribution is 0.0950. The minimum Gasteiger partial charge on any atom is -0.357 e. The zero-order valence-electron chi connectivity index (χ0n) is 16.8. The van der Waals surface area contributed by atoms with E-state index in [0.29, 0.717) is 17.1 Å². The lowest BCUT2D eigenvalue weighted by atomic mass is 10.2. The zero-order valence-corrected chi connectivity index (χ0v) is 17.5. The summed E-state index contributed by atoms with van der Waals surface area (Å²) < 4.78 is 2.07. The Morgan fingerprint density at radius 2 is 1.83 bits per heavy atom. The van der Waals surface area contributed by atoms with Gasteiger partial charge in [0.25, 0.3) is 5.91 Å². The van der Waals surface area contributed by atoms with Crippen LogP contribution in [0.2, 0.25) is 5.02 Å². The molecule has 0 unspecified atom stereocenters. The van der Waals surface area contributed by atoms with Gasteiger partial charge in [0.15, 0.2) is 0 Å². The molecule has 0 atom stereocenters. The molecule has 5 nitrogen and oxygen atoms in total. The van der Waals surface area contributed by atoms with Crippen molar-refractivity contribution in [2.75, 3.05) is 18.0 Å². The average molecular weight is 409 g/mol. The number of anilines is 1. The standard InChI is InChI=1S/C23H25ClN4O/c1-16-13-21(17(2)28(16)20-7-5-19(24)6-8-20)23(29)26-15-18-9-10-25-22(14-18)27-11-3-4-12-27/h5-10,13-14H,3-4,11-12,15H2,1-2H3,(H,26,29). The Morgan fingerprint density at radius 3 is 2.55 bits per heavy atom. The first-order chi connectivity index (χ1) is 14.0. The zero-order chi connectivity index (χ0) is 20.4. The van der Waals surface area contributed by atoms with Crippen molar-refractivity contribution in [3.05, 3.63) is 76.2 Å². The minimum absolute atomic E-state index is 0.0714. The van der Waals surface area contributed by atoms with Gasteiger partial charge in [0.1, 0.15) is 5.82 Å². The number of halogens is 1. The predicted molar refractivity (Wildman–Crippen MR) is 117 cm³/mol. The highest BCUT2D eigenvalue weighted by Gasteiger charge is 2.17. The van der Waals surface area contributed by atoms with Gasteiger partial charge >= 0.3 is 0 Å². The first-order valence-corrected chi connectivity index (χ1v) is 10.3. The molecule has 0 bridgehead atoms. The maximum Gasteiger partial charge on any atom is 0.253 e. The van der Waals surface area contributed by atoms with Crippen molar-refractivity contribution in [3.63, 3.8) is 0 Å². The van der Waals surface area contributed by atoms with Crippen LogP contribution in [0, 0.1) is 13.8 Å². The third-order valence-corrected chi connectivity index (χ3v) is 5.71. The van der Waals surface area contributed by atoms with Gasteiger partial charge in [-0.05, 0) is 74.7 Å². The van der Waals surface area contributed by atoms with E-state index in [1.807, 2.05) is 56.4 Å². The molecule has 3 aromatic rings. The number of aryl methyl sites for hydroxylation is 1. The van der Waals surface area contributed by atoms with E-state index in [-0.39, 0.29) is 5.91 Å². The van der Waals surface area contributed by atoms with E-state index in [2.05, 4.69) is 25.8 Å². The van der Waals surface area contributed by atoms with Crippen LogP contribution < -0.4 is 10.2 Å². The first kappa shape index (κ1) is 19.5. The van der Waals surface area contributed by atoms with E-state index >= 15 is 0 Å². The molecule has 2 aromatic heterocycles. The summed E-state index contributed by atoms with van der Waals surface area (Å²) in [7, 11) is 0. The molecule has 150 valence electrons. The van der Waals surface area contributed by atoms with Crippen LogP contribution in [-0.2, 0) is 6.54 Å². The third-order valence-electron chi connectivity index (χ3n) is 5.45. The Balaban J connectivity index is 1.49. The topological polar surface area (TPSA) is 50.2 Å². The summed E-state index contributed by atoms with van der Waals surface area (Å²) in [4.78, 5) is 19.6. The van der Waals surface area contributed by atoms with Crippen molar-refractivity contribution in [1.29, 1.82) is 0 Å². The summed E-state index contributed by atoms with van der Waals surface area (Å²) in [6.07, 6.45) is 4.25. The van der Waals surface area contributed by atoms with Crippen LogP contribution in [0.3, 0.4) is 0 Å². The van der Waals surface area contributed by atoms with Gasteiger partial charge in [0.05, 0.1) is 5.56 Å². The molecule has 4 rings (SSSR count). The van der Waals surface area contributed by atoms with Crippen molar-refractivity contribution >= 4 is 23.3 Å². The van der Waals surface area contributed by atoms with E-state index < -0.39 is 0 Å². The van der Waals surface area contributed by atoms with Gasteiger partial charge in [-0.2, -0.15) is 0 Å². The van der Waals surface area contributed by atoms with E-state index in [1.165, 1.54) is 12.8 Å². The molecule has 0 spiro atoms. The Kier molecular flexibility index (Phi) is 5.58. The van der Waals surface area contributed by atoms with Crippen molar-refractivity contribution in [1.82, 2.24) is 14.9 Å². The second-order valence-electron chi connectivity index (χ2n) is 7.50. The lowest BCUT2D eigenvalue weighted by Gasteiger charge is -2.17. The summed E-state index contributed by atoms with van der Waals surface area (Å²) >= 11 is 6.01.